The lowest BCUT2D eigenvalue weighted by Crippen LogP contribution is -2.58. The molecule has 2 rings (SSSR count). The predicted molar refractivity (Wildman–Crippen MR) is 131 cm³/mol. The minimum atomic E-state index is -1.67. The highest BCUT2D eigenvalue weighted by atomic mass is 16.4. The molecule has 1 aromatic carbocycles. The normalized spacial score (nSPS) is 14.1. The average Bonchev–Trinajstić information content (AvgIpc) is 3.27. The fraction of sp³-hybridized carbons (Fsp3) is 0.391. The summed E-state index contributed by atoms with van der Waals surface area (Å²) in [5.41, 5.74) is 11.8. The number of hydrogen-bond donors (Lipinski definition) is 9. The van der Waals surface area contributed by atoms with Crippen LogP contribution < -0.4 is 27.4 Å². The fourth-order valence-electron chi connectivity index (χ4n) is 3.56. The van der Waals surface area contributed by atoms with Crippen molar-refractivity contribution < 1.29 is 44.1 Å². The highest BCUT2D eigenvalue weighted by Crippen LogP contribution is 2.19. The third-order valence-electron chi connectivity index (χ3n) is 5.57. The molecule has 4 amide bonds. The van der Waals surface area contributed by atoms with E-state index in [0.29, 0.717) is 10.9 Å². The van der Waals surface area contributed by atoms with Gasteiger partial charge in [0, 0.05) is 29.9 Å². The lowest BCUT2D eigenvalue weighted by atomic mass is 10.0. The summed E-state index contributed by atoms with van der Waals surface area (Å²) in [6.45, 7) is -0.763. The van der Waals surface area contributed by atoms with Gasteiger partial charge in [-0.2, -0.15) is 0 Å². The van der Waals surface area contributed by atoms with Gasteiger partial charge in [0.1, 0.15) is 24.2 Å². The van der Waals surface area contributed by atoms with Gasteiger partial charge >= 0.3 is 11.9 Å². The van der Waals surface area contributed by atoms with E-state index in [9.17, 15) is 39.0 Å². The Balaban J connectivity index is 2.33. The standard InChI is InChI=1S/C23H30N6O9/c24-13(10-30)20(34)28-17(8-19(32)33)22(36)29-16(7-11-9-26-14-4-2-1-3-12(11)14)21(35)27-15(23(37)38)5-6-18(25)31/h1-4,9,13,15-17,26,30H,5-8,10,24H2,(H2,25,31)(H,27,35)(H,28,34)(H,29,36)(H,32,33)(H,37,38). The van der Waals surface area contributed by atoms with E-state index in [1.165, 1.54) is 0 Å². The number of carboxylic acid groups (broad SMARTS) is 2. The van der Waals surface area contributed by atoms with Crippen molar-refractivity contribution in [2.24, 2.45) is 11.5 Å². The summed E-state index contributed by atoms with van der Waals surface area (Å²) in [7, 11) is 0. The number of carbonyl (C=O) groups excluding carboxylic acids is 4. The van der Waals surface area contributed by atoms with Gasteiger partial charge in [0.25, 0.3) is 0 Å². The third kappa shape index (κ3) is 8.56. The molecule has 0 aliphatic carbocycles. The van der Waals surface area contributed by atoms with Crippen LogP contribution in [-0.4, -0.2) is 86.6 Å². The molecule has 0 spiro atoms. The number of carboxylic acids is 2. The molecular formula is C23H30N6O9. The number of aliphatic carboxylic acids is 2. The number of H-pyrrole nitrogens is 1. The monoisotopic (exact) mass is 534 g/mol. The number of aromatic nitrogens is 1. The number of amides is 4. The molecule has 0 fully saturated rings. The van der Waals surface area contributed by atoms with Gasteiger partial charge in [-0.1, -0.05) is 18.2 Å². The van der Waals surface area contributed by atoms with Gasteiger partial charge in [0.2, 0.25) is 23.6 Å². The Kier molecular flexibility index (Phi) is 10.7. The molecule has 1 heterocycles. The van der Waals surface area contributed by atoms with E-state index < -0.39 is 72.8 Å². The minimum Gasteiger partial charge on any atom is -0.481 e. The zero-order valence-corrected chi connectivity index (χ0v) is 20.2. The summed E-state index contributed by atoms with van der Waals surface area (Å²) in [6.07, 6.45) is -0.0494. The van der Waals surface area contributed by atoms with Crippen molar-refractivity contribution in [3.63, 3.8) is 0 Å². The van der Waals surface area contributed by atoms with Crippen LogP contribution in [0.2, 0.25) is 0 Å². The number of rotatable bonds is 15. The molecule has 4 unspecified atom stereocenters. The van der Waals surface area contributed by atoms with E-state index in [2.05, 4.69) is 20.9 Å². The van der Waals surface area contributed by atoms with Crippen LogP contribution >= 0.6 is 0 Å². The van der Waals surface area contributed by atoms with Gasteiger partial charge < -0.3 is 47.7 Å². The van der Waals surface area contributed by atoms with E-state index in [1.807, 2.05) is 0 Å². The van der Waals surface area contributed by atoms with Crippen LogP contribution in [0, 0.1) is 0 Å². The zero-order chi connectivity index (χ0) is 28.4. The Bertz CT molecular complexity index is 1200. The molecule has 0 saturated carbocycles. The van der Waals surface area contributed by atoms with Crippen LogP contribution in [0.25, 0.3) is 10.9 Å². The zero-order valence-electron chi connectivity index (χ0n) is 20.2. The topological polar surface area (TPSA) is 267 Å². The van der Waals surface area contributed by atoms with Crippen molar-refractivity contribution in [3.05, 3.63) is 36.0 Å². The number of aliphatic hydroxyl groups is 1. The van der Waals surface area contributed by atoms with E-state index in [4.69, 9.17) is 16.6 Å². The summed E-state index contributed by atoms with van der Waals surface area (Å²) < 4.78 is 0. The number of aromatic amines is 1. The molecule has 0 radical (unpaired) electrons. The number of nitrogens with two attached hydrogens (primary N) is 2. The van der Waals surface area contributed by atoms with Crippen molar-refractivity contribution in [3.8, 4) is 0 Å². The second-order valence-electron chi connectivity index (χ2n) is 8.48. The van der Waals surface area contributed by atoms with Gasteiger partial charge in [-0.05, 0) is 18.1 Å². The SMILES string of the molecule is NC(=O)CCC(NC(=O)C(Cc1c[nH]c2ccccc12)NC(=O)C(CC(=O)O)NC(=O)C(N)CO)C(=O)O. The van der Waals surface area contributed by atoms with Crippen molar-refractivity contribution >= 4 is 46.5 Å². The lowest BCUT2D eigenvalue weighted by molar-refractivity contribution is -0.143. The Morgan fingerprint density at radius 3 is 2.11 bits per heavy atom. The summed E-state index contributed by atoms with van der Waals surface area (Å²) in [4.78, 5) is 75.3. The van der Waals surface area contributed by atoms with E-state index >= 15 is 0 Å². The maximum Gasteiger partial charge on any atom is 0.326 e. The number of fused-ring (bicyclic) bond motifs is 1. The van der Waals surface area contributed by atoms with E-state index in [-0.39, 0.29) is 19.3 Å². The second kappa shape index (κ2) is 13.7. The number of benzene rings is 1. The van der Waals surface area contributed by atoms with Crippen molar-refractivity contribution in [2.75, 3.05) is 6.61 Å². The van der Waals surface area contributed by atoms with Gasteiger partial charge in [-0.3, -0.25) is 24.0 Å². The summed E-state index contributed by atoms with van der Waals surface area (Å²) in [5, 5.41) is 35.2. The summed E-state index contributed by atoms with van der Waals surface area (Å²) in [6, 6.07) is 1.05. The molecule has 0 aliphatic rings. The maximum absolute atomic E-state index is 13.1. The average molecular weight is 535 g/mol. The first kappa shape index (κ1) is 29.7. The molecule has 1 aromatic heterocycles. The number of hydrogen-bond acceptors (Lipinski definition) is 8. The summed E-state index contributed by atoms with van der Waals surface area (Å²) >= 11 is 0. The van der Waals surface area contributed by atoms with Gasteiger partial charge in [0.05, 0.1) is 13.0 Å². The Hall–Kier alpha value is -4.50. The second-order valence-corrected chi connectivity index (χ2v) is 8.48. The molecular weight excluding hydrogens is 504 g/mol. The smallest absolute Gasteiger partial charge is 0.326 e. The van der Waals surface area contributed by atoms with Crippen LogP contribution in [0.4, 0.5) is 0 Å². The number of para-hydroxylation sites is 1. The Labute approximate surface area is 215 Å². The van der Waals surface area contributed by atoms with E-state index in [0.717, 1.165) is 5.52 Å². The predicted octanol–water partition coefficient (Wildman–Crippen LogP) is -2.69. The van der Waals surface area contributed by atoms with Crippen LogP contribution in [0.3, 0.4) is 0 Å². The van der Waals surface area contributed by atoms with Crippen LogP contribution in [0.15, 0.2) is 30.5 Å². The van der Waals surface area contributed by atoms with Crippen LogP contribution in [-0.2, 0) is 35.2 Å². The first-order valence-corrected chi connectivity index (χ1v) is 11.5. The largest absolute Gasteiger partial charge is 0.481 e. The lowest BCUT2D eigenvalue weighted by Gasteiger charge is -2.24. The number of primary amides is 1. The molecule has 38 heavy (non-hydrogen) atoms. The molecule has 4 atom stereocenters. The number of carbonyl (C=O) groups is 6. The maximum atomic E-state index is 13.1. The highest BCUT2D eigenvalue weighted by molar-refractivity contribution is 5.96. The van der Waals surface area contributed by atoms with E-state index in [1.54, 1.807) is 30.5 Å². The molecule has 11 N–H and O–H groups in total. The molecule has 0 bridgehead atoms. The first-order chi connectivity index (χ1) is 17.9. The van der Waals surface area contributed by atoms with Crippen LogP contribution in [0.1, 0.15) is 24.8 Å². The molecule has 206 valence electrons. The number of nitrogens with one attached hydrogen (secondary N) is 4. The summed E-state index contributed by atoms with van der Waals surface area (Å²) in [5.74, 6) is -6.65. The van der Waals surface area contributed by atoms with Gasteiger partial charge in [-0.15, -0.1) is 0 Å². The quantitative estimate of drug-likeness (QED) is 0.114. The molecule has 15 nitrogen and oxygen atoms in total. The minimum absolute atomic E-state index is 0.145. The van der Waals surface area contributed by atoms with Crippen LogP contribution in [0.5, 0.6) is 0 Å². The van der Waals surface area contributed by atoms with Gasteiger partial charge in [0.15, 0.2) is 0 Å². The Morgan fingerprint density at radius 1 is 0.895 bits per heavy atom. The Morgan fingerprint density at radius 2 is 1.50 bits per heavy atom. The number of aliphatic hydroxyl groups excluding tert-OH is 1. The van der Waals surface area contributed by atoms with Crippen molar-refractivity contribution in [1.82, 2.24) is 20.9 Å². The van der Waals surface area contributed by atoms with Crippen molar-refractivity contribution in [1.29, 1.82) is 0 Å². The fourth-order valence-corrected chi connectivity index (χ4v) is 3.56. The van der Waals surface area contributed by atoms with Crippen molar-refractivity contribution in [2.45, 2.75) is 49.9 Å². The molecule has 15 heteroatoms. The molecule has 2 aromatic rings. The molecule has 0 aliphatic heterocycles. The highest BCUT2D eigenvalue weighted by Gasteiger charge is 2.32. The van der Waals surface area contributed by atoms with Gasteiger partial charge in [-0.25, -0.2) is 4.79 Å². The third-order valence-corrected chi connectivity index (χ3v) is 5.57. The first-order valence-electron chi connectivity index (χ1n) is 11.5. The molecule has 0 saturated heterocycles.